The van der Waals surface area contributed by atoms with Crippen molar-refractivity contribution in [3.8, 4) is 11.5 Å². The maximum atomic E-state index is 12.6. The molecule has 1 fully saturated rings. The van der Waals surface area contributed by atoms with Crippen molar-refractivity contribution in [1.29, 1.82) is 0 Å². The molecule has 2 aliphatic rings. The molecule has 0 unspecified atom stereocenters. The number of nitrogens with zero attached hydrogens (tertiary/aromatic N) is 1. The fraction of sp³-hybridized carbons (Fsp3) is 0.375. The van der Waals surface area contributed by atoms with Crippen LogP contribution in [-0.2, 0) is 6.42 Å². The molecule has 162 valence electrons. The molecule has 3 heterocycles. The Morgan fingerprint density at radius 2 is 1.94 bits per heavy atom. The van der Waals surface area contributed by atoms with E-state index in [2.05, 4.69) is 40.6 Å². The summed E-state index contributed by atoms with van der Waals surface area (Å²) in [5, 5.41) is 4.84. The maximum Gasteiger partial charge on any atom is 0.317 e. The Morgan fingerprint density at radius 1 is 1.13 bits per heavy atom. The largest absolute Gasteiger partial charge is 0.486 e. The first-order valence-electron chi connectivity index (χ1n) is 10.9. The van der Waals surface area contributed by atoms with E-state index in [1.165, 1.54) is 16.6 Å². The van der Waals surface area contributed by atoms with Crippen LogP contribution in [0.4, 0.5) is 4.79 Å². The van der Waals surface area contributed by atoms with Crippen molar-refractivity contribution in [3.63, 3.8) is 0 Å². The molecule has 31 heavy (non-hydrogen) atoms. The predicted molar refractivity (Wildman–Crippen MR) is 121 cm³/mol. The molecular weight excluding hydrogens is 414 g/mol. The summed E-state index contributed by atoms with van der Waals surface area (Å²) < 4.78 is 11.2. The zero-order valence-electron chi connectivity index (χ0n) is 17.3. The molecule has 5 rings (SSSR count). The SMILES string of the molecule is O=C(NCCc1cc(Cl)c2c(c1)OCCO2)N1CCC(c2cc3ccccc3[nH]2)CC1. The lowest BCUT2D eigenvalue weighted by atomic mass is 9.94. The van der Waals surface area contributed by atoms with E-state index in [1.54, 1.807) is 0 Å². The monoisotopic (exact) mass is 439 g/mol. The molecule has 2 aromatic carbocycles. The summed E-state index contributed by atoms with van der Waals surface area (Å²) in [6.07, 6.45) is 2.63. The highest BCUT2D eigenvalue weighted by molar-refractivity contribution is 6.32. The molecular formula is C24H26ClN3O3. The Labute approximate surface area is 186 Å². The van der Waals surface area contributed by atoms with Crippen LogP contribution in [0.3, 0.4) is 0 Å². The van der Waals surface area contributed by atoms with Crippen LogP contribution in [0.5, 0.6) is 11.5 Å². The van der Waals surface area contributed by atoms with Gasteiger partial charge in [0.05, 0.1) is 5.02 Å². The van der Waals surface area contributed by atoms with Crippen molar-refractivity contribution in [1.82, 2.24) is 15.2 Å². The smallest absolute Gasteiger partial charge is 0.317 e. The van der Waals surface area contributed by atoms with E-state index in [0.717, 1.165) is 31.5 Å². The van der Waals surface area contributed by atoms with Crippen LogP contribution in [-0.4, -0.2) is 48.8 Å². The average Bonchev–Trinajstić information content (AvgIpc) is 3.23. The quantitative estimate of drug-likeness (QED) is 0.617. The van der Waals surface area contributed by atoms with Crippen molar-refractivity contribution < 1.29 is 14.3 Å². The fourth-order valence-electron chi connectivity index (χ4n) is 4.44. The summed E-state index contributed by atoms with van der Waals surface area (Å²) in [5.41, 5.74) is 3.47. The fourth-order valence-corrected chi connectivity index (χ4v) is 4.73. The maximum absolute atomic E-state index is 12.6. The third-order valence-electron chi connectivity index (χ3n) is 6.12. The van der Waals surface area contributed by atoms with Gasteiger partial charge in [0.2, 0.25) is 0 Å². The van der Waals surface area contributed by atoms with Crippen LogP contribution in [0.15, 0.2) is 42.5 Å². The Bertz CT molecular complexity index is 1060. The van der Waals surface area contributed by atoms with Gasteiger partial charge in [-0.25, -0.2) is 4.79 Å². The van der Waals surface area contributed by atoms with Crippen LogP contribution in [0.25, 0.3) is 10.9 Å². The lowest BCUT2D eigenvalue weighted by Gasteiger charge is -2.31. The van der Waals surface area contributed by atoms with Crippen LogP contribution >= 0.6 is 11.6 Å². The van der Waals surface area contributed by atoms with Gasteiger partial charge in [-0.15, -0.1) is 0 Å². The molecule has 2 aliphatic heterocycles. The van der Waals surface area contributed by atoms with Crippen molar-refractivity contribution in [2.24, 2.45) is 0 Å². The van der Waals surface area contributed by atoms with Gasteiger partial charge in [0.1, 0.15) is 13.2 Å². The van der Waals surface area contributed by atoms with Gasteiger partial charge in [0.25, 0.3) is 0 Å². The third kappa shape index (κ3) is 4.30. The number of aromatic nitrogens is 1. The van der Waals surface area contributed by atoms with Crippen molar-refractivity contribution in [3.05, 3.63) is 58.7 Å². The van der Waals surface area contributed by atoms with Crippen LogP contribution < -0.4 is 14.8 Å². The number of rotatable bonds is 4. The Kier molecular flexibility index (Phi) is 5.64. The number of halogens is 1. The number of piperidine rings is 1. The van der Waals surface area contributed by atoms with E-state index in [9.17, 15) is 4.79 Å². The summed E-state index contributed by atoms with van der Waals surface area (Å²) >= 11 is 6.30. The van der Waals surface area contributed by atoms with Crippen molar-refractivity contribution in [2.45, 2.75) is 25.2 Å². The number of hydrogen-bond acceptors (Lipinski definition) is 3. The van der Waals surface area contributed by atoms with E-state index >= 15 is 0 Å². The molecule has 1 saturated heterocycles. The number of ether oxygens (including phenoxy) is 2. The van der Waals surface area contributed by atoms with Gasteiger partial charge in [-0.05, 0) is 54.5 Å². The number of carbonyl (C=O) groups excluding carboxylic acids is 1. The predicted octanol–water partition coefficient (Wildman–Crippen LogP) is 4.72. The minimum absolute atomic E-state index is 0.00117. The summed E-state index contributed by atoms with van der Waals surface area (Å²) in [4.78, 5) is 18.1. The summed E-state index contributed by atoms with van der Waals surface area (Å²) in [5.74, 6) is 1.76. The number of fused-ring (bicyclic) bond motifs is 2. The number of carbonyl (C=O) groups is 1. The Morgan fingerprint density at radius 3 is 2.77 bits per heavy atom. The topological polar surface area (TPSA) is 66.6 Å². The molecule has 0 aliphatic carbocycles. The Hall–Kier alpha value is -2.86. The molecule has 6 nitrogen and oxygen atoms in total. The average molecular weight is 440 g/mol. The normalized spacial score (nSPS) is 16.5. The molecule has 1 aromatic heterocycles. The minimum Gasteiger partial charge on any atom is -0.486 e. The first-order valence-corrected chi connectivity index (χ1v) is 11.2. The number of aromatic amines is 1. The van der Waals surface area contributed by atoms with Crippen LogP contribution in [0.1, 0.15) is 30.0 Å². The van der Waals surface area contributed by atoms with Gasteiger partial charge in [0.15, 0.2) is 11.5 Å². The summed E-state index contributed by atoms with van der Waals surface area (Å²) in [6.45, 7) is 3.12. The van der Waals surface area contributed by atoms with E-state index < -0.39 is 0 Å². The summed E-state index contributed by atoms with van der Waals surface area (Å²) in [6, 6.07) is 14.4. The van der Waals surface area contributed by atoms with Gasteiger partial charge >= 0.3 is 6.03 Å². The van der Waals surface area contributed by atoms with Gasteiger partial charge in [0, 0.05) is 36.8 Å². The van der Waals surface area contributed by atoms with E-state index in [4.69, 9.17) is 21.1 Å². The minimum atomic E-state index is -0.00117. The van der Waals surface area contributed by atoms with Crippen LogP contribution in [0, 0.1) is 0 Å². The summed E-state index contributed by atoms with van der Waals surface area (Å²) in [7, 11) is 0. The van der Waals surface area contributed by atoms with Crippen molar-refractivity contribution in [2.75, 3.05) is 32.8 Å². The highest BCUT2D eigenvalue weighted by atomic mass is 35.5. The molecule has 3 aromatic rings. The lowest BCUT2D eigenvalue weighted by Crippen LogP contribution is -2.44. The number of H-pyrrole nitrogens is 1. The molecule has 2 N–H and O–H groups in total. The second-order valence-corrected chi connectivity index (χ2v) is 8.56. The first kappa shape index (κ1) is 20.1. The molecule has 0 bridgehead atoms. The number of urea groups is 1. The van der Waals surface area contributed by atoms with E-state index in [1.807, 2.05) is 17.0 Å². The first-order chi connectivity index (χ1) is 15.2. The van der Waals surface area contributed by atoms with Gasteiger partial charge in [-0.1, -0.05) is 29.8 Å². The number of benzene rings is 2. The number of amides is 2. The molecule has 2 amide bonds. The van der Waals surface area contributed by atoms with Crippen LogP contribution in [0.2, 0.25) is 5.02 Å². The highest BCUT2D eigenvalue weighted by Crippen LogP contribution is 2.38. The third-order valence-corrected chi connectivity index (χ3v) is 6.40. The number of nitrogens with one attached hydrogen (secondary N) is 2. The molecule has 0 radical (unpaired) electrons. The number of hydrogen-bond donors (Lipinski definition) is 2. The number of likely N-dealkylation sites (tertiary alicyclic amines) is 1. The zero-order chi connectivity index (χ0) is 21.2. The Balaban J connectivity index is 1.11. The van der Waals surface area contributed by atoms with E-state index in [-0.39, 0.29) is 6.03 Å². The van der Waals surface area contributed by atoms with Gasteiger partial charge < -0.3 is 24.7 Å². The second kappa shape index (κ2) is 8.71. The molecule has 0 saturated carbocycles. The molecule has 0 spiro atoms. The standard InChI is InChI=1S/C24H26ClN3O3/c25-19-13-16(14-22-23(19)31-12-11-30-22)5-8-26-24(29)28-9-6-17(7-10-28)21-15-18-3-1-2-4-20(18)27-21/h1-4,13-15,17,27H,5-12H2,(H,26,29). The molecule has 7 heteroatoms. The van der Waals surface area contributed by atoms with Gasteiger partial charge in [-0.2, -0.15) is 0 Å². The second-order valence-electron chi connectivity index (χ2n) is 8.16. The van der Waals surface area contributed by atoms with Crippen molar-refractivity contribution >= 4 is 28.5 Å². The van der Waals surface area contributed by atoms with E-state index in [0.29, 0.717) is 48.6 Å². The molecule has 0 atom stereocenters. The highest BCUT2D eigenvalue weighted by Gasteiger charge is 2.25. The lowest BCUT2D eigenvalue weighted by molar-refractivity contribution is 0.171. The van der Waals surface area contributed by atoms with Gasteiger partial charge in [-0.3, -0.25) is 0 Å². The zero-order valence-corrected chi connectivity index (χ0v) is 18.1. The number of para-hydroxylation sites is 1.